The molecule has 2 aromatic carbocycles. The van der Waals surface area contributed by atoms with Gasteiger partial charge in [0, 0.05) is 23.3 Å². The molecule has 2 nitrogen and oxygen atoms in total. The maximum Gasteiger partial charge on any atom is 0.195 e. The third kappa shape index (κ3) is 1.20. The molecule has 3 rings (SSSR count). The van der Waals surface area contributed by atoms with Crippen LogP contribution in [0.25, 0.3) is 10.8 Å². The molecule has 0 unspecified atom stereocenters. The van der Waals surface area contributed by atoms with Crippen molar-refractivity contribution in [2.75, 3.05) is 0 Å². The summed E-state index contributed by atoms with van der Waals surface area (Å²) in [5.74, 6) is -0.555. The summed E-state index contributed by atoms with van der Waals surface area (Å²) in [7, 11) is 0. The molecule has 0 heterocycles. The molecular weight excluding hydrogens is 200 g/mol. The summed E-state index contributed by atoms with van der Waals surface area (Å²) in [4.78, 5) is 23.1. The Kier molecular flexibility index (Phi) is 1.77. The highest BCUT2D eigenvalue weighted by atomic mass is 16.1. The van der Waals surface area contributed by atoms with Crippen molar-refractivity contribution in [1.29, 1.82) is 0 Å². The van der Waals surface area contributed by atoms with Crippen LogP contribution in [0.4, 0.5) is 0 Å². The highest BCUT2D eigenvalue weighted by molar-refractivity contribution is 6.20. The highest BCUT2D eigenvalue weighted by Gasteiger charge is 2.20. The van der Waals surface area contributed by atoms with Crippen LogP contribution in [0.5, 0.6) is 0 Å². The lowest BCUT2D eigenvalue weighted by molar-refractivity contribution is 0.0982. The summed E-state index contributed by atoms with van der Waals surface area (Å²) >= 11 is 0. The van der Waals surface area contributed by atoms with E-state index in [1.54, 1.807) is 12.1 Å². The fraction of sp³-hybridized carbons (Fsp3) is 0. The number of ketones is 2. The van der Waals surface area contributed by atoms with Gasteiger partial charge in [0.15, 0.2) is 11.6 Å². The number of allylic oxidation sites excluding steroid dienone is 2. The van der Waals surface area contributed by atoms with Gasteiger partial charge in [-0.25, -0.2) is 0 Å². The minimum absolute atomic E-state index is 0.277. The normalized spacial score (nSPS) is 14.2. The summed E-state index contributed by atoms with van der Waals surface area (Å²) in [6, 6.07) is 11.1. The van der Waals surface area contributed by atoms with Gasteiger partial charge in [-0.1, -0.05) is 24.3 Å². The monoisotopic (exact) mass is 206 g/mol. The third-order valence-electron chi connectivity index (χ3n) is 2.66. The second kappa shape index (κ2) is 3.14. The fourth-order valence-corrected chi connectivity index (χ4v) is 1.86. The highest BCUT2D eigenvalue weighted by Crippen LogP contribution is 2.23. The Balaban J connectivity index is 2.40. The van der Waals surface area contributed by atoms with Crippen LogP contribution in [0.1, 0.15) is 20.7 Å². The van der Waals surface area contributed by atoms with Crippen molar-refractivity contribution < 1.29 is 9.59 Å². The number of hydrogen-bond donors (Lipinski definition) is 0. The molecule has 0 N–H and O–H groups in total. The Hall–Kier alpha value is -2.22. The molecule has 1 aliphatic rings. The zero-order valence-corrected chi connectivity index (χ0v) is 8.28. The van der Waals surface area contributed by atoms with Crippen LogP contribution in [0.3, 0.4) is 0 Å². The van der Waals surface area contributed by atoms with Crippen LogP contribution in [-0.2, 0) is 0 Å². The van der Waals surface area contributed by atoms with E-state index >= 15 is 0 Å². The molecule has 2 aromatic rings. The molecule has 0 saturated heterocycles. The summed E-state index contributed by atoms with van der Waals surface area (Å²) in [5.41, 5.74) is 0.838. The second-order valence-electron chi connectivity index (χ2n) is 3.65. The van der Waals surface area contributed by atoms with E-state index in [1.807, 2.05) is 24.3 Å². The van der Waals surface area contributed by atoms with Gasteiger partial charge in [0.1, 0.15) is 0 Å². The van der Waals surface area contributed by atoms with Gasteiger partial charge in [0.2, 0.25) is 0 Å². The molecule has 0 bridgehead atoms. The standard InChI is InChI=1S/C14H6O2/c15-13-5-6-14(16)12-8-10-4-2-1-3-9(10)7-11(12)13/h1-4,7-8H. The van der Waals surface area contributed by atoms with E-state index in [9.17, 15) is 9.59 Å². The van der Waals surface area contributed by atoms with Crippen LogP contribution in [-0.4, -0.2) is 11.6 Å². The average molecular weight is 206 g/mol. The Morgan fingerprint density at radius 3 is 1.62 bits per heavy atom. The first-order valence-electron chi connectivity index (χ1n) is 4.89. The number of rotatable bonds is 0. The van der Waals surface area contributed by atoms with E-state index in [0.717, 1.165) is 10.8 Å². The smallest absolute Gasteiger partial charge is 0.195 e. The number of Topliss-reactive ketones (excluding diaryl/α,β-unsaturated/α-hetero) is 2. The quantitative estimate of drug-likeness (QED) is 0.663. The van der Waals surface area contributed by atoms with Gasteiger partial charge in [-0.2, -0.15) is 0 Å². The molecule has 2 radical (unpaired) electrons. The molecule has 16 heavy (non-hydrogen) atoms. The van der Waals surface area contributed by atoms with Crippen LogP contribution < -0.4 is 0 Å². The Bertz CT molecular complexity index is 594. The molecule has 0 fully saturated rings. The van der Waals surface area contributed by atoms with E-state index in [0.29, 0.717) is 11.1 Å². The van der Waals surface area contributed by atoms with Gasteiger partial charge in [0.25, 0.3) is 0 Å². The average Bonchev–Trinajstić information content (AvgIpc) is 2.32. The lowest BCUT2D eigenvalue weighted by atomic mass is 9.92. The van der Waals surface area contributed by atoms with Crippen molar-refractivity contribution in [3.8, 4) is 0 Å². The van der Waals surface area contributed by atoms with E-state index in [4.69, 9.17) is 0 Å². The predicted molar refractivity (Wildman–Crippen MR) is 59.1 cm³/mol. The topological polar surface area (TPSA) is 34.1 Å². The molecule has 2 heteroatoms. The number of carbonyl (C=O) groups excluding carboxylic acids is 2. The SMILES string of the molecule is O=C1[C]=[C]C(=O)c2cc3ccccc3cc21. The molecule has 0 aliphatic heterocycles. The van der Waals surface area contributed by atoms with Crippen molar-refractivity contribution in [2.24, 2.45) is 0 Å². The molecule has 74 valence electrons. The van der Waals surface area contributed by atoms with Gasteiger partial charge in [-0.05, 0) is 22.9 Å². The summed E-state index contributed by atoms with van der Waals surface area (Å²) in [6.07, 6.45) is 4.63. The van der Waals surface area contributed by atoms with Crippen molar-refractivity contribution >= 4 is 22.3 Å². The molecule has 0 saturated carbocycles. The minimum atomic E-state index is -0.277. The minimum Gasteiger partial charge on any atom is -0.289 e. The van der Waals surface area contributed by atoms with Gasteiger partial charge < -0.3 is 0 Å². The molecule has 1 aliphatic carbocycles. The number of hydrogen-bond acceptors (Lipinski definition) is 2. The molecule has 0 spiro atoms. The van der Waals surface area contributed by atoms with E-state index in [2.05, 4.69) is 12.2 Å². The second-order valence-corrected chi connectivity index (χ2v) is 3.65. The predicted octanol–water partition coefficient (Wildman–Crippen LogP) is 2.38. The molecule has 0 atom stereocenters. The van der Waals surface area contributed by atoms with Gasteiger partial charge in [-0.3, -0.25) is 9.59 Å². The van der Waals surface area contributed by atoms with Crippen molar-refractivity contribution in [3.05, 3.63) is 59.7 Å². The van der Waals surface area contributed by atoms with Crippen LogP contribution in [0, 0.1) is 12.2 Å². The van der Waals surface area contributed by atoms with E-state index < -0.39 is 0 Å². The van der Waals surface area contributed by atoms with Crippen molar-refractivity contribution in [1.82, 2.24) is 0 Å². The lowest BCUT2D eigenvalue weighted by Crippen LogP contribution is -2.12. The Morgan fingerprint density at radius 2 is 1.19 bits per heavy atom. The number of benzene rings is 2. The first-order chi connectivity index (χ1) is 7.75. The van der Waals surface area contributed by atoms with Crippen molar-refractivity contribution in [2.45, 2.75) is 0 Å². The first kappa shape index (κ1) is 9.04. The zero-order valence-electron chi connectivity index (χ0n) is 8.28. The van der Waals surface area contributed by atoms with E-state index in [1.165, 1.54) is 0 Å². The summed E-state index contributed by atoms with van der Waals surface area (Å²) in [6.45, 7) is 0. The van der Waals surface area contributed by atoms with Crippen molar-refractivity contribution in [3.63, 3.8) is 0 Å². The van der Waals surface area contributed by atoms with E-state index in [-0.39, 0.29) is 11.6 Å². The Morgan fingerprint density at radius 1 is 0.750 bits per heavy atom. The Labute approximate surface area is 92.2 Å². The number of fused-ring (bicyclic) bond motifs is 2. The van der Waals surface area contributed by atoms with Crippen LogP contribution in [0.2, 0.25) is 0 Å². The van der Waals surface area contributed by atoms with Gasteiger partial charge in [0.05, 0.1) is 0 Å². The molecular formula is C14H6O2. The third-order valence-corrected chi connectivity index (χ3v) is 2.66. The molecule has 0 aromatic heterocycles. The zero-order chi connectivity index (χ0) is 11.1. The van der Waals surface area contributed by atoms with Crippen LogP contribution >= 0.6 is 0 Å². The fourth-order valence-electron chi connectivity index (χ4n) is 1.86. The largest absolute Gasteiger partial charge is 0.289 e. The van der Waals surface area contributed by atoms with Gasteiger partial charge in [-0.15, -0.1) is 0 Å². The number of carbonyl (C=O) groups is 2. The first-order valence-corrected chi connectivity index (χ1v) is 4.89. The maximum absolute atomic E-state index is 11.5. The molecule has 0 amide bonds. The van der Waals surface area contributed by atoms with Gasteiger partial charge >= 0.3 is 0 Å². The maximum atomic E-state index is 11.5. The lowest BCUT2D eigenvalue weighted by Gasteiger charge is -2.09. The summed E-state index contributed by atoms with van der Waals surface area (Å²) in [5, 5.41) is 1.90. The summed E-state index contributed by atoms with van der Waals surface area (Å²) < 4.78 is 0. The van der Waals surface area contributed by atoms with Crippen LogP contribution in [0.15, 0.2) is 36.4 Å².